The van der Waals surface area contributed by atoms with Crippen molar-refractivity contribution in [3.05, 3.63) is 41.1 Å². The standard InChI is InChI=1S/C20H24N4O2S/c1-4-9-26-14-7-5-13(6-8-14)18-17-15(10-12(2)11-16(17)25)21-19-22-20(27-3)23-24(18)19/h5-8,12,18H,4,9-11H2,1-3H3,(H,21,22,23)/t12-,18-/m1/s1. The van der Waals surface area contributed by atoms with Gasteiger partial charge in [0, 0.05) is 17.7 Å². The Hall–Kier alpha value is -2.28. The summed E-state index contributed by atoms with van der Waals surface area (Å²) in [4.78, 5) is 17.5. The predicted octanol–water partition coefficient (Wildman–Crippen LogP) is 4.06. The maximum absolute atomic E-state index is 12.9. The van der Waals surface area contributed by atoms with Gasteiger partial charge in [-0.1, -0.05) is 37.7 Å². The number of anilines is 1. The largest absolute Gasteiger partial charge is 0.494 e. The Morgan fingerprint density at radius 2 is 2.07 bits per heavy atom. The van der Waals surface area contributed by atoms with E-state index >= 15 is 0 Å². The van der Waals surface area contributed by atoms with Crippen LogP contribution in [0.2, 0.25) is 0 Å². The Kier molecular flexibility index (Phi) is 4.95. The highest BCUT2D eigenvalue weighted by Gasteiger charge is 2.38. The van der Waals surface area contributed by atoms with E-state index in [1.807, 2.05) is 35.2 Å². The molecule has 4 rings (SSSR count). The summed E-state index contributed by atoms with van der Waals surface area (Å²) in [5, 5.41) is 8.70. The van der Waals surface area contributed by atoms with Gasteiger partial charge in [0.05, 0.1) is 6.61 Å². The molecule has 1 aromatic carbocycles. The summed E-state index contributed by atoms with van der Waals surface area (Å²) in [5.74, 6) is 2.08. The monoisotopic (exact) mass is 384 g/mol. The van der Waals surface area contributed by atoms with Crippen LogP contribution in [0.4, 0.5) is 5.95 Å². The molecule has 2 aliphatic rings. The lowest BCUT2D eigenvalue weighted by Gasteiger charge is -2.34. The lowest BCUT2D eigenvalue weighted by molar-refractivity contribution is -0.117. The molecule has 0 fully saturated rings. The molecule has 2 atom stereocenters. The summed E-state index contributed by atoms with van der Waals surface area (Å²) >= 11 is 1.50. The minimum atomic E-state index is -0.245. The summed E-state index contributed by atoms with van der Waals surface area (Å²) < 4.78 is 7.55. The van der Waals surface area contributed by atoms with Gasteiger partial charge >= 0.3 is 0 Å². The lowest BCUT2D eigenvalue weighted by atomic mass is 9.81. The van der Waals surface area contributed by atoms with Crippen molar-refractivity contribution in [3.8, 4) is 5.75 Å². The highest BCUT2D eigenvalue weighted by molar-refractivity contribution is 7.98. The Morgan fingerprint density at radius 1 is 1.30 bits per heavy atom. The van der Waals surface area contributed by atoms with Crippen molar-refractivity contribution in [1.29, 1.82) is 0 Å². The quantitative estimate of drug-likeness (QED) is 0.784. The number of allylic oxidation sites excluding steroid dienone is 2. The van der Waals surface area contributed by atoms with Crippen LogP contribution >= 0.6 is 11.8 Å². The van der Waals surface area contributed by atoms with Crippen LogP contribution in [-0.4, -0.2) is 33.4 Å². The zero-order valence-corrected chi connectivity index (χ0v) is 16.7. The number of carbonyl (C=O) groups is 1. The molecule has 0 spiro atoms. The van der Waals surface area contributed by atoms with Gasteiger partial charge in [-0.15, -0.1) is 5.10 Å². The summed E-state index contributed by atoms with van der Waals surface area (Å²) in [6, 6.07) is 7.75. The van der Waals surface area contributed by atoms with E-state index in [1.165, 1.54) is 11.8 Å². The molecule has 0 saturated heterocycles. The van der Waals surface area contributed by atoms with E-state index < -0.39 is 0 Å². The third-order valence-electron chi connectivity index (χ3n) is 4.96. The number of Topliss-reactive ketones (excluding diaryl/α,β-unsaturated/α-hetero) is 1. The smallest absolute Gasteiger partial charge is 0.227 e. The fourth-order valence-electron chi connectivity index (χ4n) is 3.75. The van der Waals surface area contributed by atoms with Crippen molar-refractivity contribution < 1.29 is 9.53 Å². The van der Waals surface area contributed by atoms with Gasteiger partial charge in [-0.05, 0) is 42.7 Å². The highest BCUT2D eigenvalue weighted by atomic mass is 32.2. The topological polar surface area (TPSA) is 69.0 Å². The Balaban J connectivity index is 1.77. The van der Waals surface area contributed by atoms with Crippen molar-refractivity contribution in [2.75, 3.05) is 18.2 Å². The van der Waals surface area contributed by atoms with Crippen LogP contribution in [0.1, 0.15) is 44.7 Å². The normalized spacial score (nSPS) is 21.5. The van der Waals surface area contributed by atoms with Gasteiger partial charge < -0.3 is 10.1 Å². The molecule has 1 N–H and O–H groups in total. The first-order valence-electron chi connectivity index (χ1n) is 9.37. The number of thioether (sulfide) groups is 1. The lowest BCUT2D eigenvalue weighted by Crippen LogP contribution is -2.33. The maximum Gasteiger partial charge on any atom is 0.227 e. The minimum absolute atomic E-state index is 0.194. The number of rotatable bonds is 5. The molecule has 0 amide bonds. The zero-order chi connectivity index (χ0) is 19.0. The van der Waals surface area contributed by atoms with Crippen molar-refractivity contribution in [1.82, 2.24) is 14.8 Å². The van der Waals surface area contributed by atoms with Crippen LogP contribution in [0.25, 0.3) is 0 Å². The van der Waals surface area contributed by atoms with E-state index in [1.54, 1.807) is 0 Å². The summed E-state index contributed by atoms with van der Waals surface area (Å²) in [6.07, 6.45) is 4.36. The second-order valence-electron chi connectivity index (χ2n) is 7.14. The van der Waals surface area contributed by atoms with E-state index in [-0.39, 0.29) is 11.8 Å². The second-order valence-corrected chi connectivity index (χ2v) is 7.91. The molecule has 2 aromatic rings. The molecule has 6 nitrogen and oxygen atoms in total. The van der Waals surface area contributed by atoms with Crippen LogP contribution in [0, 0.1) is 5.92 Å². The molecule has 0 radical (unpaired) electrons. The molecule has 1 aliphatic heterocycles. The molecular weight excluding hydrogens is 360 g/mol. The van der Waals surface area contributed by atoms with Crippen LogP contribution < -0.4 is 10.1 Å². The number of benzene rings is 1. The molecule has 1 aliphatic carbocycles. The molecule has 0 bridgehead atoms. The first kappa shape index (κ1) is 18.1. The van der Waals surface area contributed by atoms with Gasteiger partial charge in [0.2, 0.25) is 11.1 Å². The van der Waals surface area contributed by atoms with Crippen LogP contribution in [0.15, 0.2) is 40.7 Å². The minimum Gasteiger partial charge on any atom is -0.494 e. The first-order valence-corrected chi connectivity index (χ1v) is 10.6. The average Bonchev–Trinajstić information content (AvgIpc) is 3.07. The van der Waals surface area contributed by atoms with Crippen molar-refractivity contribution in [2.45, 2.75) is 44.3 Å². The number of fused-ring (bicyclic) bond motifs is 1. The SMILES string of the molecule is CCCOc1ccc([C@@H]2C3=C(C[C@@H](C)CC3=O)Nc3nc(SC)nn32)cc1. The molecule has 1 aromatic heterocycles. The summed E-state index contributed by atoms with van der Waals surface area (Å²) in [7, 11) is 0. The molecule has 0 unspecified atom stereocenters. The number of ketones is 1. The fraction of sp³-hybridized carbons (Fsp3) is 0.450. The number of carbonyl (C=O) groups excluding carboxylic acids is 1. The summed E-state index contributed by atoms with van der Waals surface area (Å²) in [6.45, 7) is 4.90. The van der Waals surface area contributed by atoms with Crippen LogP contribution in [0.5, 0.6) is 5.75 Å². The van der Waals surface area contributed by atoms with Crippen LogP contribution in [0.3, 0.4) is 0 Å². The Bertz CT molecular complexity index is 888. The molecule has 7 heteroatoms. The van der Waals surface area contributed by atoms with Gasteiger partial charge in [0.15, 0.2) is 5.78 Å². The van der Waals surface area contributed by atoms with Crippen molar-refractivity contribution in [2.24, 2.45) is 5.92 Å². The van der Waals surface area contributed by atoms with E-state index in [2.05, 4.69) is 29.2 Å². The van der Waals surface area contributed by atoms with Crippen molar-refractivity contribution in [3.63, 3.8) is 0 Å². The van der Waals surface area contributed by atoms with Crippen molar-refractivity contribution >= 4 is 23.5 Å². The zero-order valence-electron chi connectivity index (χ0n) is 15.9. The van der Waals surface area contributed by atoms with E-state index in [4.69, 9.17) is 4.74 Å². The van der Waals surface area contributed by atoms with E-state index in [9.17, 15) is 4.79 Å². The third-order valence-corrected chi connectivity index (χ3v) is 5.49. The number of nitrogens with one attached hydrogen (secondary N) is 1. The van der Waals surface area contributed by atoms with E-state index in [0.717, 1.165) is 35.4 Å². The Labute approximate surface area is 163 Å². The third kappa shape index (κ3) is 3.36. The van der Waals surface area contributed by atoms with Gasteiger partial charge in [0.1, 0.15) is 11.8 Å². The molecule has 2 heterocycles. The molecule has 142 valence electrons. The van der Waals surface area contributed by atoms with Gasteiger partial charge in [-0.2, -0.15) is 4.98 Å². The maximum atomic E-state index is 12.9. The highest BCUT2D eigenvalue weighted by Crippen LogP contribution is 2.41. The van der Waals surface area contributed by atoms with Gasteiger partial charge in [0.25, 0.3) is 0 Å². The number of aromatic nitrogens is 3. The summed E-state index contributed by atoms with van der Waals surface area (Å²) in [5.41, 5.74) is 2.83. The van der Waals surface area contributed by atoms with E-state index in [0.29, 0.717) is 30.1 Å². The second kappa shape index (κ2) is 7.38. The average molecular weight is 385 g/mol. The number of hydrogen-bond donors (Lipinski definition) is 1. The van der Waals surface area contributed by atoms with Crippen LogP contribution in [-0.2, 0) is 4.79 Å². The number of ether oxygens (including phenoxy) is 1. The number of nitrogens with zero attached hydrogens (tertiary/aromatic N) is 3. The predicted molar refractivity (Wildman–Crippen MR) is 106 cm³/mol. The molecule has 27 heavy (non-hydrogen) atoms. The van der Waals surface area contributed by atoms with Gasteiger partial charge in [-0.3, -0.25) is 4.79 Å². The molecular formula is C20H24N4O2S. The fourth-order valence-corrected chi connectivity index (χ4v) is 4.10. The van der Waals surface area contributed by atoms with Gasteiger partial charge in [-0.25, -0.2) is 4.68 Å². The first-order chi connectivity index (χ1) is 13.1. The molecule has 0 saturated carbocycles. The Morgan fingerprint density at radius 3 is 2.78 bits per heavy atom. The number of hydrogen-bond acceptors (Lipinski definition) is 6.